The molecule has 1 unspecified atom stereocenters. The lowest BCUT2D eigenvalue weighted by Crippen LogP contribution is -2.30. The number of unbranched alkanes of at least 4 members (excludes halogenated alkanes) is 33. The van der Waals surface area contributed by atoms with E-state index in [9.17, 15) is 14.4 Å². The number of hydrogen-bond donors (Lipinski definition) is 0. The molecule has 0 aromatic rings. The van der Waals surface area contributed by atoms with E-state index < -0.39 is 6.10 Å². The van der Waals surface area contributed by atoms with Crippen molar-refractivity contribution in [3.8, 4) is 0 Å². The summed E-state index contributed by atoms with van der Waals surface area (Å²) in [4.78, 5) is 38.3. The van der Waals surface area contributed by atoms with Crippen LogP contribution in [0.25, 0.3) is 0 Å². The van der Waals surface area contributed by atoms with Crippen LogP contribution in [0.3, 0.4) is 0 Å². The number of esters is 3. The first-order valence-corrected chi connectivity index (χ1v) is 30.9. The molecule has 0 aromatic carbocycles. The van der Waals surface area contributed by atoms with E-state index in [2.05, 4.69) is 93.7 Å². The van der Waals surface area contributed by atoms with Crippen LogP contribution in [0.15, 0.2) is 72.9 Å². The Morgan fingerprint density at radius 1 is 0.292 bits per heavy atom. The Labute approximate surface area is 446 Å². The maximum atomic E-state index is 12.9. The molecule has 1 atom stereocenters. The van der Waals surface area contributed by atoms with Crippen molar-refractivity contribution in [2.45, 2.75) is 316 Å². The van der Waals surface area contributed by atoms with E-state index in [1.807, 2.05) is 0 Å². The van der Waals surface area contributed by atoms with E-state index in [0.717, 1.165) is 116 Å². The van der Waals surface area contributed by atoms with Crippen LogP contribution in [0.2, 0.25) is 0 Å². The minimum Gasteiger partial charge on any atom is -0.462 e. The summed E-state index contributed by atoms with van der Waals surface area (Å²) in [5.41, 5.74) is 0. The van der Waals surface area contributed by atoms with Crippen LogP contribution < -0.4 is 0 Å². The van der Waals surface area contributed by atoms with Crippen molar-refractivity contribution in [3.05, 3.63) is 72.9 Å². The molecule has 0 heterocycles. The van der Waals surface area contributed by atoms with Crippen molar-refractivity contribution in [2.75, 3.05) is 13.2 Å². The number of hydrogen-bond acceptors (Lipinski definition) is 6. The summed E-state index contributed by atoms with van der Waals surface area (Å²) in [5, 5.41) is 0. The fraction of sp³-hybridized carbons (Fsp3) is 0.773. The van der Waals surface area contributed by atoms with E-state index in [4.69, 9.17) is 14.2 Å². The van der Waals surface area contributed by atoms with E-state index >= 15 is 0 Å². The molecule has 0 saturated heterocycles. The van der Waals surface area contributed by atoms with E-state index in [1.165, 1.54) is 154 Å². The summed E-state index contributed by atoms with van der Waals surface area (Å²) in [6.45, 7) is 6.54. The van der Waals surface area contributed by atoms with Crippen molar-refractivity contribution in [1.29, 1.82) is 0 Å². The van der Waals surface area contributed by atoms with E-state index in [0.29, 0.717) is 19.3 Å². The van der Waals surface area contributed by atoms with E-state index in [-0.39, 0.29) is 31.1 Å². The van der Waals surface area contributed by atoms with Crippen molar-refractivity contribution in [2.24, 2.45) is 0 Å². The van der Waals surface area contributed by atoms with Gasteiger partial charge < -0.3 is 14.2 Å². The number of carbonyl (C=O) groups excluding carboxylic acids is 3. The highest BCUT2D eigenvalue weighted by Crippen LogP contribution is 2.16. The Hall–Kier alpha value is -3.15. The quantitative estimate of drug-likeness (QED) is 0.0261. The summed E-state index contributed by atoms with van der Waals surface area (Å²) in [6.07, 6.45) is 77.5. The van der Waals surface area contributed by atoms with Crippen molar-refractivity contribution >= 4 is 17.9 Å². The summed E-state index contributed by atoms with van der Waals surface area (Å²) in [5.74, 6) is -0.895. The molecule has 0 rings (SSSR count). The molecule has 0 aliphatic heterocycles. The molecule has 0 bridgehead atoms. The molecule has 0 spiro atoms. The number of ether oxygens (including phenoxy) is 3. The van der Waals surface area contributed by atoms with Gasteiger partial charge in [-0.25, -0.2) is 0 Å². The first-order valence-electron chi connectivity index (χ1n) is 30.9. The third-order valence-electron chi connectivity index (χ3n) is 13.4. The third-order valence-corrected chi connectivity index (χ3v) is 13.4. The molecular formula is C66H116O6. The molecule has 72 heavy (non-hydrogen) atoms. The standard InChI is InChI=1S/C66H116O6/c1-4-7-10-13-16-19-22-25-28-30-32-33-34-36-38-41-44-47-50-53-56-59-65(68)71-62-63(61-70-64(67)58-55-52-49-46-43-40-37-27-24-21-18-15-12-9-6-3)72-66(69)60-57-54-51-48-45-42-39-35-31-29-26-23-20-17-14-11-8-5-2/h7,10,16,19,25,27-28,32-33,36-38,63H,4-6,8-9,11-15,17-18,20-24,26,29-31,34-35,39-62H2,1-3H3/b10-7-,19-16-,28-25-,33-32-,37-27-,38-36-. The molecule has 0 aromatic heterocycles. The van der Waals surface area contributed by atoms with Crippen LogP contribution in [0.5, 0.6) is 0 Å². The SMILES string of the molecule is CC/C=C\C/C=C\C/C=C\C/C=C\C/C=C\CCCCCCCC(=O)OCC(COC(=O)CCCCCCC/C=C\CCCCCCCC)OC(=O)CCCCCCCCCCCCCCCCCCCC. The molecule has 6 nitrogen and oxygen atoms in total. The fourth-order valence-electron chi connectivity index (χ4n) is 8.82. The normalized spacial score (nSPS) is 12.5. The van der Waals surface area contributed by atoms with Gasteiger partial charge in [0.15, 0.2) is 6.10 Å². The van der Waals surface area contributed by atoms with Gasteiger partial charge in [0.1, 0.15) is 13.2 Å². The maximum absolute atomic E-state index is 12.9. The first kappa shape index (κ1) is 68.8. The summed E-state index contributed by atoms with van der Waals surface area (Å²) in [7, 11) is 0. The number of rotatable bonds is 56. The summed E-state index contributed by atoms with van der Waals surface area (Å²) >= 11 is 0. The highest BCUT2D eigenvalue weighted by atomic mass is 16.6. The number of carbonyl (C=O) groups is 3. The molecule has 416 valence electrons. The second-order valence-corrected chi connectivity index (χ2v) is 20.6. The Bertz CT molecular complexity index is 1340. The van der Waals surface area contributed by atoms with Gasteiger partial charge in [-0.3, -0.25) is 14.4 Å². The van der Waals surface area contributed by atoms with Crippen molar-refractivity contribution < 1.29 is 28.6 Å². The zero-order valence-electron chi connectivity index (χ0n) is 47.7. The average Bonchev–Trinajstić information content (AvgIpc) is 3.38. The molecular weight excluding hydrogens is 889 g/mol. The number of allylic oxidation sites excluding steroid dienone is 12. The monoisotopic (exact) mass is 1000 g/mol. The molecule has 0 N–H and O–H groups in total. The van der Waals surface area contributed by atoms with Crippen LogP contribution >= 0.6 is 0 Å². The Morgan fingerprint density at radius 2 is 0.542 bits per heavy atom. The van der Waals surface area contributed by atoms with Gasteiger partial charge in [-0.05, 0) is 89.9 Å². The van der Waals surface area contributed by atoms with Gasteiger partial charge in [-0.1, -0.05) is 273 Å². The molecule has 0 amide bonds. The Morgan fingerprint density at radius 3 is 0.861 bits per heavy atom. The van der Waals surface area contributed by atoms with Gasteiger partial charge in [0, 0.05) is 19.3 Å². The van der Waals surface area contributed by atoms with Crippen LogP contribution in [-0.4, -0.2) is 37.2 Å². The zero-order chi connectivity index (χ0) is 52.2. The van der Waals surface area contributed by atoms with Gasteiger partial charge in [-0.15, -0.1) is 0 Å². The van der Waals surface area contributed by atoms with E-state index in [1.54, 1.807) is 0 Å². The molecule has 0 fully saturated rings. The second kappa shape index (κ2) is 60.4. The largest absolute Gasteiger partial charge is 0.462 e. The van der Waals surface area contributed by atoms with Gasteiger partial charge in [-0.2, -0.15) is 0 Å². The lowest BCUT2D eigenvalue weighted by atomic mass is 10.0. The summed E-state index contributed by atoms with van der Waals surface area (Å²) < 4.78 is 16.9. The minimum atomic E-state index is -0.786. The predicted octanol–water partition coefficient (Wildman–Crippen LogP) is 20.9. The molecule has 6 heteroatoms. The first-order chi connectivity index (χ1) is 35.5. The lowest BCUT2D eigenvalue weighted by molar-refractivity contribution is -0.167. The highest BCUT2D eigenvalue weighted by Gasteiger charge is 2.19. The second-order valence-electron chi connectivity index (χ2n) is 20.6. The summed E-state index contributed by atoms with van der Waals surface area (Å²) in [6, 6.07) is 0. The smallest absolute Gasteiger partial charge is 0.306 e. The van der Waals surface area contributed by atoms with Crippen LogP contribution in [0, 0.1) is 0 Å². The van der Waals surface area contributed by atoms with Crippen LogP contribution in [0.1, 0.15) is 310 Å². The lowest BCUT2D eigenvalue weighted by Gasteiger charge is -2.18. The van der Waals surface area contributed by atoms with Gasteiger partial charge in [0.2, 0.25) is 0 Å². The predicted molar refractivity (Wildman–Crippen MR) is 311 cm³/mol. The van der Waals surface area contributed by atoms with Gasteiger partial charge in [0.05, 0.1) is 0 Å². The molecule has 0 aliphatic carbocycles. The van der Waals surface area contributed by atoms with Crippen LogP contribution in [0.4, 0.5) is 0 Å². The maximum Gasteiger partial charge on any atom is 0.306 e. The minimum absolute atomic E-state index is 0.0834. The Balaban J connectivity index is 4.40. The zero-order valence-corrected chi connectivity index (χ0v) is 47.7. The van der Waals surface area contributed by atoms with Crippen molar-refractivity contribution in [3.63, 3.8) is 0 Å². The topological polar surface area (TPSA) is 78.9 Å². The van der Waals surface area contributed by atoms with Crippen molar-refractivity contribution in [1.82, 2.24) is 0 Å². The van der Waals surface area contributed by atoms with Gasteiger partial charge in [0.25, 0.3) is 0 Å². The Kier molecular flexibility index (Phi) is 57.8. The highest BCUT2D eigenvalue weighted by molar-refractivity contribution is 5.71. The molecule has 0 radical (unpaired) electrons. The fourth-order valence-corrected chi connectivity index (χ4v) is 8.82. The average molecular weight is 1010 g/mol. The molecule has 0 saturated carbocycles. The molecule has 0 aliphatic rings. The van der Waals surface area contributed by atoms with Gasteiger partial charge >= 0.3 is 17.9 Å². The van der Waals surface area contributed by atoms with Crippen LogP contribution in [-0.2, 0) is 28.6 Å². The third kappa shape index (κ3) is 57.7.